The quantitative estimate of drug-likeness (QED) is 0.850. The summed E-state index contributed by atoms with van der Waals surface area (Å²) in [5.74, 6) is 0.0381. The minimum absolute atomic E-state index is 0.199. The summed E-state index contributed by atoms with van der Waals surface area (Å²) in [4.78, 5) is 15.8. The Hall–Kier alpha value is -2.07. The number of amides is 1. The van der Waals surface area contributed by atoms with Gasteiger partial charge in [-0.15, -0.1) is 0 Å². The molecule has 1 aromatic heterocycles. The number of rotatable bonds is 4. The molecule has 1 amide bonds. The highest BCUT2D eigenvalue weighted by molar-refractivity contribution is 6.29. The van der Waals surface area contributed by atoms with Gasteiger partial charge in [0.2, 0.25) is 0 Å². The van der Waals surface area contributed by atoms with Crippen molar-refractivity contribution in [2.24, 2.45) is 0 Å². The standard InChI is InChI=1S/C15H16ClN3O/c1-10-4-2-3-5-11(10)6-7-18-15(20)12-8-13(16)19-14(17)9-12/h2-5,8-9H,6-7H2,1H3,(H2,17,19)(H,18,20). The first-order chi connectivity index (χ1) is 9.56. The second-order valence-electron chi connectivity index (χ2n) is 4.54. The summed E-state index contributed by atoms with van der Waals surface area (Å²) in [6, 6.07) is 11.1. The molecular weight excluding hydrogens is 274 g/mol. The molecule has 0 bridgehead atoms. The fourth-order valence-electron chi connectivity index (χ4n) is 1.95. The number of aryl methyl sites for hydroxylation is 1. The van der Waals surface area contributed by atoms with Gasteiger partial charge in [-0.25, -0.2) is 4.98 Å². The third-order valence-corrected chi connectivity index (χ3v) is 3.21. The van der Waals surface area contributed by atoms with Crippen LogP contribution in [0.25, 0.3) is 0 Å². The van der Waals surface area contributed by atoms with E-state index in [4.69, 9.17) is 17.3 Å². The summed E-state index contributed by atoms with van der Waals surface area (Å²) in [5, 5.41) is 3.06. The first-order valence-electron chi connectivity index (χ1n) is 6.32. The number of hydrogen-bond donors (Lipinski definition) is 2. The lowest BCUT2D eigenvalue weighted by Crippen LogP contribution is -2.26. The third-order valence-electron chi connectivity index (χ3n) is 3.02. The lowest BCUT2D eigenvalue weighted by atomic mass is 10.1. The number of hydrogen-bond acceptors (Lipinski definition) is 3. The molecule has 0 radical (unpaired) electrons. The van der Waals surface area contributed by atoms with Crippen LogP contribution in [0.4, 0.5) is 5.82 Å². The van der Waals surface area contributed by atoms with E-state index >= 15 is 0 Å². The maximum Gasteiger partial charge on any atom is 0.251 e. The molecule has 0 aliphatic carbocycles. The van der Waals surface area contributed by atoms with Crippen LogP contribution >= 0.6 is 11.6 Å². The summed E-state index contributed by atoms with van der Waals surface area (Å²) in [6.45, 7) is 2.62. The van der Waals surface area contributed by atoms with Gasteiger partial charge >= 0.3 is 0 Å². The van der Waals surface area contributed by atoms with E-state index < -0.39 is 0 Å². The maximum absolute atomic E-state index is 12.0. The predicted octanol–water partition coefficient (Wildman–Crippen LogP) is 2.60. The summed E-state index contributed by atoms with van der Waals surface area (Å²) < 4.78 is 0. The second kappa shape index (κ2) is 6.39. The van der Waals surface area contributed by atoms with Gasteiger partial charge in [0, 0.05) is 12.1 Å². The van der Waals surface area contributed by atoms with Gasteiger partial charge in [-0.2, -0.15) is 0 Å². The predicted molar refractivity (Wildman–Crippen MR) is 80.9 cm³/mol. The molecule has 2 aromatic rings. The van der Waals surface area contributed by atoms with Crippen LogP contribution in [0.2, 0.25) is 5.15 Å². The molecule has 0 atom stereocenters. The van der Waals surface area contributed by atoms with E-state index in [1.165, 1.54) is 23.3 Å². The lowest BCUT2D eigenvalue weighted by Gasteiger charge is -2.08. The van der Waals surface area contributed by atoms with Crippen molar-refractivity contribution in [3.8, 4) is 0 Å². The van der Waals surface area contributed by atoms with Gasteiger partial charge in [0.1, 0.15) is 11.0 Å². The summed E-state index contributed by atoms with van der Waals surface area (Å²) in [6.07, 6.45) is 0.784. The topological polar surface area (TPSA) is 68.0 Å². The van der Waals surface area contributed by atoms with Crippen LogP contribution in [0.3, 0.4) is 0 Å². The Kier molecular flexibility index (Phi) is 4.58. The molecule has 5 heteroatoms. The average molecular weight is 290 g/mol. The molecule has 104 valence electrons. The molecule has 0 aliphatic heterocycles. The normalized spacial score (nSPS) is 10.3. The molecule has 0 aliphatic rings. The first kappa shape index (κ1) is 14.3. The molecule has 0 fully saturated rings. The smallest absolute Gasteiger partial charge is 0.251 e. The van der Waals surface area contributed by atoms with Gasteiger partial charge in [-0.3, -0.25) is 4.79 Å². The van der Waals surface area contributed by atoms with Crippen LogP contribution in [0.1, 0.15) is 21.5 Å². The number of carbonyl (C=O) groups excluding carboxylic acids is 1. The fraction of sp³-hybridized carbons (Fsp3) is 0.200. The van der Waals surface area contributed by atoms with Crippen molar-refractivity contribution in [2.75, 3.05) is 12.3 Å². The monoisotopic (exact) mass is 289 g/mol. The Morgan fingerprint density at radius 2 is 2.10 bits per heavy atom. The zero-order valence-corrected chi connectivity index (χ0v) is 11.9. The van der Waals surface area contributed by atoms with Gasteiger partial charge in [0.15, 0.2) is 0 Å². The Bertz CT molecular complexity index is 608. The van der Waals surface area contributed by atoms with E-state index in [2.05, 4.69) is 29.4 Å². The van der Waals surface area contributed by atoms with Crippen molar-refractivity contribution in [1.82, 2.24) is 10.3 Å². The second-order valence-corrected chi connectivity index (χ2v) is 4.92. The Labute approximate surface area is 123 Å². The summed E-state index contributed by atoms with van der Waals surface area (Å²) in [5.41, 5.74) is 8.43. The van der Waals surface area contributed by atoms with Gasteiger partial charge in [0.25, 0.3) is 5.91 Å². The SMILES string of the molecule is Cc1ccccc1CCNC(=O)c1cc(N)nc(Cl)c1. The number of nitrogens with zero attached hydrogens (tertiary/aromatic N) is 1. The minimum Gasteiger partial charge on any atom is -0.384 e. The van der Waals surface area contributed by atoms with Crippen molar-refractivity contribution in [3.05, 3.63) is 58.2 Å². The van der Waals surface area contributed by atoms with E-state index in [-0.39, 0.29) is 16.9 Å². The van der Waals surface area contributed by atoms with Gasteiger partial charge in [-0.1, -0.05) is 35.9 Å². The van der Waals surface area contributed by atoms with Crippen molar-refractivity contribution in [3.63, 3.8) is 0 Å². The number of nitrogens with two attached hydrogens (primary N) is 1. The summed E-state index contributed by atoms with van der Waals surface area (Å²) in [7, 11) is 0. The van der Waals surface area contributed by atoms with E-state index in [0.717, 1.165) is 6.42 Å². The Morgan fingerprint density at radius 1 is 1.35 bits per heavy atom. The highest BCUT2D eigenvalue weighted by Crippen LogP contribution is 2.12. The molecular formula is C15H16ClN3O. The number of halogens is 1. The molecule has 0 spiro atoms. The van der Waals surface area contributed by atoms with Crippen LogP contribution in [-0.4, -0.2) is 17.4 Å². The minimum atomic E-state index is -0.199. The fourth-order valence-corrected chi connectivity index (χ4v) is 2.17. The molecule has 3 N–H and O–H groups in total. The van der Waals surface area contributed by atoms with Crippen molar-refractivity contribution >= 4 is 23.3 Å². The zero-order chi connectivity index (χ0) is 14.5. The zero-order valence-electron chi connectivity index (χ0n) is 11.2. The van der Waals surface area contributed by atoms with Crippen molar-refractivity contribution < 1.29 is 4.79 Å². The Morgan fingerprint density at radius 3 is 2.80 bits per heavy atom. The van der Waals surface area contributed by atoms with Gasteiger partial charge < -0.3 is 11.1 Å². The van der Waals surface area contributed by atoms with E-state index in [1.54, 1.807) is 0 Å². The van der Waals surface area contributed by atoms with E-state index in [1.807, 2.05) is 12.1 Å². The number of carbonyl (C=O) groups is 1. The molecule has 0 saturated carbocycles. The molecule has 1 aromatic carbocycles. The van der Waals surface area contributed by atoms with Gasteiger partial charge in [-0.05, 0) is 36.6 Å². The van der Waals surface area contributed by atoms with E-state index in [0.29, 0.717) is 12.1 Å². The Balaban J connectivity index is 1.94. The molecule has 20 heavy (non-hydrogen) atoms. The maximum atomic E-state index is 12.0. The summed E-state index contributed by atoms with van der Waals surface area (Å²) >= 11 is 5.77. The van der Waals surface area contributed by atoms with Crippen LogP contribution < -0.4 is 11.1 Å². The lowest BCUT2D eigenvalue weighted by molar-refractivity contribution is 0.0954. The van der Waals surface area contributed by atoms with Crippen molar-refractivity contribution in [1.29, 1.82) is 0 Å². The molecule has 2 rings (SSSR count). The number of pyridine rings is 1. The largest absolute Gasteiger partial charge is 0.384 e. The van der Waals surface area contributed by atoms with E-state index in [9.17, 15) is 4.79 Å². The third kappa shape index (κ3) is 3.71. The highest BCUT2D eigenvalue weighted by atomic mass is 35.5. The molecule has 0 saturated heterocycles. The number of nitrogen functional groups attached to an aromatic ring is 1. The molecule has 4 nitrogen and oxygen atoms in total. The number of aromatic nitrogens is 1. The number of benzene rings is 1. The van der Waals surface area contributed by atoms with Crippen LogP contribution in [0.15, 0.2) is 36.4 Å². The first-order valence-corrected chi connectivity index (χ1v) is 6.70. The molecule has 0 unspecified atom stereocenters. The average Bonchev–Trinajstić information content (AvgIpc) is 2.39. The van der Waals surface area contributed by atoms with Gasteiger partial charge in [0.05, 0.1) is 0 Å². The van der Waals surface area contributed by atoms with Crippen LogP contribution in [0, 0.1) is 6.92 Å². The van der Waals surface area contributed by atoms with Crippen LogP contribution in [0.5, 0.6) is 0 Å². The van der Waals surface area contributed by atoms with Crippen LogP contribution in [-0.2, 0) is 6.42 Å². The van der Waals surface area contributed by atoms with Crippen molar-refractivity contribution in [2.45, 2.75) is 13.3 Å². The molecule has 1 heterocycles. The highest BCUT2D eigenvalue weighted by Gasteiger charge is 2.08. The number of nitrogens with one attached hydrogen (secondary N) is 1. The number of anilines is 1.